The minimum Gasteiger partial charge on any atom is -0.384 e. The number of hydrogen-bond donors (Lipinski definition) is 2. The Morgan fingerprint density at radius 1 is 1.11 bits per heavy atom. The first-order chi connectivity index (χ1) is 16.9. The summed E-state index contributed by atoms with van der Waals surface area (Å²) < 4.78 is 0. The predicted molar refractivity (Wildman–Crippen MR) is 139 cm³/mol. The monoisotopic (exact) mass is 468 g/mol. The molecule has 2 aromatic carbocycles. The molecule has 1 aliphatic carbocycles. The fourth-order valence-corrected chi connectivity index (χ4v) is 5.19. The maximum absolute atomic E-state index is 12.9. The van der Waals surface area contributed by atoms with E-state index >= 15 is 0 Å². The Bertz CT molecular complexity index is 1290. The Kier molecular flexibility index (Phi) is 7.45. The van der Waals surface area contributed by atoms with Crippen molar-refractivity contribution in [1.29, 1.82) is 0 Å². The number of ketones is 1. The van der Waals surface area contributed by atoms with E-state index in [1.54, 1.807) is 13.0 Å². The number of carbonyl (C=O) groups excluding carboxylic acids is 2. The smallest absolute Gasteiger partial charge is 0.223 e. The zero-order valence-electron chi connectivity index (χ0n) is 20.4. The third kappa shape index (κ3) is 5.68. The lowest BCUT2D eigenvalue weighted by atomic mass is 9.92. The lowest BCUT2D eigenvalue weighted by molar-refractivity contribution is -0.129. The number of nitrogens with two attached hydrogens (primary N) is 1. The number of amides is 1. The molecule has 0 bridgehead atoms. The summed E-state index contributed by atoms with van der Waals surface area (Å²) >= 11 is 0. The number of anilines is 1. The number of nitrogens with zero attached hydrogens (tertiary/aromatic N) is 2. The van der Waals surface area contributed by atoms with Crippen LogP contribution >= 0.6 is 0 Å². The largest absolute Gasteiger partial charge is 0.384 e. The van der Waals surface area contributed by atoms with Crippen molar-refractivity contribution >= 4 is 34.0 Å². The predicted octanol–water partition coefficient (Wildman–Crippen LogP) is 5.34. The maximum Gasteiger partial charge on any atom is 0.223 e. The SMILES string of the molecule is [C-]#[N+]c1ccc(C[C@@H]2CC[C@@H](C(=O)N[C@@H](C)C(=O)CCc3ccc(N)nc3C)C2)c2ccccc12. The third-order valence-electron chi connectivity index (χ3n) is 7.23. The van der Waals surface area contributed by atoms with Gasteiger partial charge in [0.05, 0.1) is 12.6 Å². The molecule has 1 fully saturated rings. The Morgan fingerprint density at radius 3 is 2.60 bits per heavy atom. The first-order valence-corrected chi connectivity index (χ1v) is 12.3. The first-order valence-electron chi connectivity index (χ1n) is 12.3. The number of fused-ring (bicyclic) bond motifs is 1. The van der Waals surface area contributed by atoms with Crippen LogP contribution in [-0.4, -0.2) is 22.7 Å². The molecule has 0 spiro atoms. The summed E-state index contributed by atoms with van der Waals surface area (Å²) in [4.78, 5) is 33.4. The summed E-state index contributed by atoms with van der Waals surface area (Å²) in [6.45, 7) is 11.1. The van der Waals surface area contributed by atoms with Gasteiger partial charge in [0.15, 0.2) is 11.5 Å². The van der Waals surface area contributed by atoms with Gasteiger partial charge in [-0.15, -0.1) is 0 Å². The van der Waals surface area contributed by atoms with Gasteiger partial charge in [0.1, 0.15) is 5.82 Å². The highest BCUT2D eigenvalue weighted by Crippen LogP contribution is 2.36. The van der Waals surface area contributed by atoms with E-state index in [9.17, 15) is 9.59 Å². The van der Waals surface area contributed by atoms with Gasteiger partial charge in [0.2, 0.25) is 5.91 Å². The second-order valence-corrected chi connectivity index (χ2v) is 9.66. The van der Waals surface area contributed by atoms with Crippen molar-refractivity contribution in [3.05, 3.63) is 76.8 Å². The van der Waals surface area contributed by atoms with Gasteiger partial charge < -0.3 is 11.1 Å². The topological polar surface area (TPSA) is 89.4 Å². The van der Waals surface area contributed by atoms with Crippen LogP contribution in [0.25, 0.3) is 15.6 Å². The van der Waals surface area contributed by atoms with Crippen LogP contribution in [0.4, 0.5) is 11.5 Å². The molecule has 3 aromatic rings. The van der Waals surface area contributed by atoms with E-state index in [0.29, 0.717) is 30.3 Å². The standard InChI is InChI=1S/C29H32N4O2/c1-18-21(12-15-28(30)32-18)11-14-27(34)19(2)33-29(35)23-9-8-20(17-23)16-22-10-13-26(31-3)25-7-5-4-6-24(22)25/h4-7,10,12-13,15,19-20,23H,8-9,11,14,16-17H2,1-2H3,(H2,30,32)(H,33,35)/t19-,20-,23+/m0/s1. The number of Topliss-reactive ketones (excluding diaryl/α,β-unsaturated/α-hetero) is 1. The van der Waals surface area contributed by atoms with Gasteiger partial charge in [0.25, 0.3) is 0 Å². The Balaban J connectivity index is 1.30. The van der Waals surface area contributed by atoms with Gasteiger partial charge in [-0.3, -0.25) is 9.59 Å². The molecule has 3 atom stereocenters. The second-order valence-electron chi connectivity index (χ2n) is 9.66. The second kappa shape index (κ2) is 10.7. The number of aromatic nitrogens is 1. The van der Waals surface area contributed by atoms with Gasteiger partial charge in [-0.05, 0) is 79.8 Å². The molecule has 6 nitrogen and oxygen atoms in total. The van der Waals surface area contributed by atoms with Crippen molar-refractivity contribution in [2.24, 2.45) is 11.8 Å². The zero-order valence-corrected chi connectivity index (χ0v) is 20.4. The minimum absolute atomic E-state index is 0.0214. The quantitative estimate of drug-likeness (QED) is 0.437. The van der Waals surface area contributed by atoms with Crippen molar-refractivity contribution < 1.29 is 9.59 Å². The van der Waals surface area contributed by atoms with Crippen molar-refractivity contribution in [3.63, 3.8) is 0 Å². The fourth-order valence-electron chi connectivity index (χ4n) is 5.19. The van der Waals surface area contributed by atoms with E-state index in [-0.39, 0.29) is 17.6 Å². The van der Waals surface area contributed by atoms with Gasteiger partial charge in [-0.25, -0.2) is 9.83 Å². The third-order valence-corrected chi connectivity index (χ3v) is 7.23. The first kappa shape index (κ1) is 24.4. The summed E-state index contributed by atoms with van der Waals surface area (Å²) in [5, 5.41) is 5.07. The van der Waals surface area contributed by atoms with Gasteiger partial charge in [-0.2, -0.15) is 0 Å². The lowest BCUT2D eigenvalue weighted by Gasteiger charge is -2.17. The molecule has 6 heteroatoms. The number of nitrogens with one attached hydrogen (secondary N) is 1. The molecule has 35 heavy (non-hydrogen) atoms. The fraction of sp³-hybridized carbons (Fsp3) is 0.379. The molecule has 0 radical (unpaired) electrons. The maximum atomic E-state index is 12.9. The molecular formula is C29H32N4O2. The van der Waals surface area contributed by atoms with E-state index in [4.69, 9.17) is 12.3 Å². The summed E-state index contributed by atoms with van der Waals surface area (Å²) in [5.74, 6) is 0.830. The number of hydrogen-bond acceptors (Lipinski definition) is 4. The molecule has 4 rings (SSSR count). The van der Waals surface area contributed by atoms with Crippen molar-refractivity contribution in [3.8, 4) is 0 Å². The summed E-state index contributed by atoms with van der Waals surface area (Å²) in [7, 11) is 0. The molecule has 1 aliphatic rings. The van der Waals surface area contributed by atoms with Crippen LogP contribution in [0.15, 0.2) is 48.5 Å². The van der Waals surface area contributed by atoms with Crippen LogP contribution in [0.5, 0.6) is 0 Å². The van der Waals surface area contributed by atoms with Crippen LogP contribution in [0.2, 0.25) is 0 Å². The Hall–Kier alpha value is -3.72. The zero-order chi connectivity index (χ0) is 24.9. The van der Waals surface area contributed by atoms with E-state index < -0.39 is 6.04 Å². The molecule has 1 aromatic heterocycles. The van der Waals surface area contributed by atoms with E-state index in [1.165, 1.54) is 5.56 Å². The minimum atomic E-state index is -0.506. The molecule has 0 unspecified atom stereocenters. The van der Waals surface area contributed by atoms with Crippen LogP contribution < -0.4 is 11.1 Å². The summed E-state index contributed by atoms with van der Waals surface area (Å²) in [6.07, 6.45) is 4.49. The van der Waals surface area contributed by atoms with Crippen molar-refractivity contribution in [1.82, 2.24) is 10.3 Å². The van der Waals surface area contributed by atoms with Crippen molar-refractivity contribution in [2.75, 3.05) is 5.73 Å². The molecule has 180 valence electrons. The van der Waals surface area contributed by atoms with Crippen LogP contribution in [-0.2, 0) is 22.4 Å². The number of aryl methyl sites for hydroxylation is 2. The van der Waals surface area contributed by atoms with Crippen molar-refractivity contribution in [2.45, 2.75) is 58.4 Å². The Morgan fingerprint density at radius 2 is 1.86 bits per heavy atom. The van der Waals surface area contributed by atoms with Gasteiger partial charge >= 0.3 is 0 Å². The molecule has 3 N–H and O–H groups in total. The van der Waals surface area contributed by atoms with Gasteiger partial charge in [-0.1, -0.05) is 42.5 Å². The lowest BCUT2D eigenvalue weighted by Crippen LogP contribution is -2.41. The molecule has 0 aliphatic heterocycles. The molecule has 1 heterocycles. The molecule has 1 amide bonds. The number of benzene rings is 2. The molecular weight excluding hydrogens is 436 g/mol. The van der Waals surface area contributed by atoms with Crippen LogP contribution in [0.3, 0.4) is 0 Å². The van der Waals surface area contributed by atoms with E-state index in [1.807, 2.05) is 37.3 Å². The number of rotatable bonds is 8. The van der Waals surface area contributed by atoms with Crippen LogP contribution in [0.1, 0.15) is 49.4 Å². The molecule has 1 saturated carbocycles. The number of nitrogen functional groups attached to an aromatic ring is 1. The Labute approximate surface area is 206 Å². The summed E-state index contributed by atoms with van der Waals surface area (Å²) in [6, 6.07) is 15.2. The normalized spacial score (nSPS) is 18.2. The van der Waals surface area contributed by atoms with Gasteiger partial charge in [0, 0.05) is 18.0 Å². The number of pyridine rings is 1. The molecule has 0 saturated heterocycles. The average molecular weight is 469 g/mol. The summed E-state index contributed by atoms with van der Waals surface area (Å²) in [5.41, 5.74) is 9.44. The average Bonchev–Trinajstić information content (AvgIpc) is 3.32. The number of carbonyl (C=O) groups is 2. The highest BCUT2D eigenvalue weighted by Gasteiger charge is 2.31. The van der Waals surface area contributed by atoms with E-state index in [0.717, 1.165) is 47.7 Å². The van der Waals surface area contributed by atoms with E-state index in [2.05, 4.69) is 27.3 Å². The highest BCUT2D eigenvalue weighted by molar-refractivity contribution is 5.96. The highest BCUT2D eigenvalue weighted by atomic mass is 16.2. The van der Waals surface area contributed by atoms with Crippen LogP contribution in [0, 0.1) is 25.3 Å².